The summed E-state index contributed by atoms with van der Waals surface area (Å²) in [6.07, 6.45) is 16.3. The number of likely N-dealkylation sites (tertiary alicyclic amines) is 1. The highest BCUT2D eigenvalue weighted by Crippen LogP contribution is 2.55. The van der Waals surface area contributed by atoms with E-state index in [2.05, 4.69) is 33.2 Å². The monoisotopic (exact) mass is 440 g/mol. The van der Waals surface area contributed by atoms with Crippen molar-refractivity contribution in [3.63, 3.8) is 0 Å². The van der Waals surface area contributed by atoms with Crippen molar-refractivity contribution in [2.24, 2.45) is 5.41 Å². The molecule has 2 aromatic carbocycles. The van der Waals surface area contributed by atoms with Gasteiger partial charge in [-0.15, -0.1) is 0 Å². The topological polar surface area (TPSA) is 50.2 Å². The third kappa shape index (κ3) is 3.08. The first-order chi connectivity index (χ1) is 16.2. The highest BCUT2D eigenvalue weighted by atomic mass is 16.1. The maximum atomic E-state index is 12.2. The van der Waals surface area contributed by atoms with Crippen LogP contribution in [0.25, 0.3) is 10.8 Å². The lowest BCUT2D eigenvalue weighted by atomic mass is 9.64. The van der Waals surface area contributed by atoms with Crippen molar-refractivity contribution in [2.45, 2.75) is 69.9 Å². The minimum atomic E-state index is 0.00717. The second kappa shape index (κ2) is 7.42. The van der Waals surface area contributed by atoms with Crippen molar-refractivity contribution < 1.29 is 4.79 Å². The van der Waals surface area contributed by atoms with Crippen molar-refractivity contribution in [2.75, 3.05) is 18.4 Å². The van der Waals surface area contributed by atoms with E-state index < -0.39 is 0 Å². The Morgan fingerprint density at radius 1 is 1.03 bits per heavy atom. The molecule has 3 heterocycles. The van der Waals surface area contributed by atoms with Crippen LogP contribution in [0.5, 0.6) is 0 Å². The number of nitrogens with zero attached hydrogens (tertiary/aromatic N) is 3. The molecule has 0 radical (unpaired) electrons. The van der Waals surface area contributed by atoms with Gasteiger partial charge in [-0.25, -0.2) is 0 Å². The molecule has 1 amide bonds. The van der Waals surface area contributed by atoms with Gasteiger partial charge in [0.25, 0.3) is 5.91 Å². The molecular formula is C28H32N4O. The molecule has 7 rings (SSSR count). The van der Waals surface area contributed by atoms with Gasteiger partial charge < -0.3 is 5.32 Å². The summed E-state index contributed by atoms with van der Waals surface area (Å²) >= 11 is 0. The van der Waals surface area contributed by atoms with Crippen LogP contribution in [-0.2, 0) is 6.42 Å². The SMILES string of the molecule is O=C1Nc2ccc(Cc3cnn(C4CCN([C@H]5CCCC56CCC6)CC4)c3)c3cccc1c23. The zero-order valence-electron chi connectivity index (χ0n) is 19.2. The number of rotatable bonds is 4. The fourth-order valence-corrected chi connectivity index (χ4v) is 7.36. The van der Waals surface area contributed by atoms with Crippen molar-refractivity contribution in [1.82, 2.24) is 14.7 Å². The van der Waals surface area contributed by atoms with Gasteiger partial charge in [0.05, 0.1) is 12.2 Å². The molecule has 5 heteroatoms. The van der Waals surface area contributed by atoms with Crippen molar-refractivity contribution in [1.29, 1.82) is 0 Å². The molecule has 1 N–H and O–H groups in total. The Labute approximate surface area is 195 Å². The van der Waals surface area contributed by atoms with Crippen LogP contribution in [0.4, 0.5) is 5.69 Å². The molecule has 170 valence electrons. The summed E-state index contributed by atoms with van der Waals surface area (Å²) in [7, 11) is 0. The smallest absolute Gasteiger partial charge is 0.256 e. The molecule has 1 atom stereocenters. The van der Waals surface area contributed by atoms with E-state index >= 15 is 0 Å². The molecule has 5 nitrogen and oxygen atoms in total. The average molecular weight is 441 g/mol. The van der Waals surface area contributed by atoms with Crippen LogP contribution in [0.2, 0.25) is 0 Å². The molecular weight excluding hydrogens is 408 g/mol. The van der Waals surface area contributed by atoms with E-state index in [0.717, 1.165) is 29.1 Å². The molecule has 3 aromatic rings. The molecule has 33 heavy (non-hydrogen) atoms. The Balaban J connectivity index is 1.06. The Kier molecular flexibility index (Phi) is 4.45. The summed E-state index contributed by atoms with van der Waals surface area (Å²) in [5, 5.41) is 10.0. The standard InChI is InChI=1S/C28H32N4O/c33-27-23-5-1-4-22-20(7-8-24(30-27)26(22)23)16-19-17-29-32(18-19)21-9-14-31(15-10-21)25-6-2-11-28(25)12-3-13-28/h1,4-5,7-8,17-18,21,25H,2-3,6,9-16H2,(H,30,33)/t25-/m0/s1. The summed E-state index contributed by atoms with van der Waals surface area (Å²) in [5.74, 6) is 0.00717. The van der Waals surface area contributed by atoms with E-state index in [9.17, 15) is 4.79 Å². The Morgan fingerprint density at radius 2 is 1.88 bits per heavy atom. The highest BCUT2D eigenvalue weighted by molar-refractivity contribution is 6.24. The number of carbonyl (C=O) groups excluding carboxylic acids is 1. The van der Waals surface area contributed by atoms with Gasteiger partial charge in [-0.3, -0.25) is 14.4 Å². The molecule has 3 fully saturated rings. The lowest BCUT2D eigenvalue weighted by molar-refractivity contribution is 0.00573. The summed E-state index contributed by atoms with van der Waals surface area (Å²) in [4.78, 5) is 15.1. The quantitative estimate of drug-likeness (QED) is 0.578. The molecule has 0 unspecified atom stereocenters. The first-order valence-electron chi connectivity index (χ1n) is 12.8. The van der Waals surface area contributed by atoms with Crippen LogP contribution in [0.15, 0.2) is 42.7 Å². The summed E-state index contributed by atoms with van der Waals surface area (Å²) in [6, 6.07) is 11.6. The van der Waals surface area contributed by atoms with Crippen LogP contribution in [-0.4, -0.2) is 39.7 Å². The number of piperidine rings is 1. The summed E-state index contributed by atoms with van der Waals surface area (Å²) < 4.78 is 2.23. The maximum absolute atomic E-state index is 12.2. The first kappa shape index (κ1) is 19.8. The Hall–Kier alpha value is -2.66. The van der Waals surface area contributed by atoms with Crippen molar-refractivity contribution in [3.8, 4) is 0 Å². The fourth-order valence-electron chi connectivity index (χ4n) is 7.36. The van der Waals surface area contributed by atoms with E-state index in [4.69, 9.17) is 5.10 Å². The number of nitrogens with one attached hydrogen (secondary N) is 1. The molecule has 2 aliphatic carbocycles. The number of benzene rings is 2. The van der Waals surface area contributed by atoms with E-state index in [1.54, 1.807) is 0 Å². The molecule has 0 bridgehead atoms. The lowest BCUT2D eigenvalue weighted by Gasteiger charge is -2.49. The van der Waals surface area contributed by atoms with Crippen LogP contribution in [0.3, 0.4) is 0 Å². The average Bonchev–Trinajstić information content (AvgIpc) is 3.54. The molecule has 1 saturated heterocycles. The van der Waals surface area contributed by atoms with Gasteiger partial charge in [-0.2, -0.15) is 5.10 Å². The third-order valence-corrected chi connectivity index (χ3v) is 9.20. The Bertz CT molecular complexity index is 1230. The van der Waals surface area contributed by atoms with Gasteiger partial charge in [0, 0.05) is 48.4 Å². The summed E-state index contributed by atoms with van der Waals surface area (Å²) in [6.45, 7) is 2.45. The van der Waals surface area contributed by atoms with Gasteiger partial charge in [0.2, 0.25) is 0 Å². The largest absolute Gasteiger partial charge is 0.321 e. The fraction of sp³-hybridized carbons (Fsp3) is 0.500. The van der Waals surface area contributed by atoms with E-state index in [-0.39, 0.29) is 5.91 Å². The zero-order valence-corrected chi connectivity index (χ0v) is 19.2. The van der Waals surface area contributed by atoms with Gasteiger partial charge in [0.1, 0.15) is 0 Å². The maximum Gasteiger partial charge on any atom is 0.256 e. The van der Waals surface area contributed by atoms with E-state index in [1.165, 1.54) is 81.0 Å². The van der Waals surface area contributed by atoms with Crippen molar-refractivity contribution >= 4 is 22.4 Å². The second-order valence-electron chi connectivity index (χ2n) is 10.9. The molecule has 1 spiro atoms. The zero-order chi connectivity index (χ0) is 22.0. The molecule has 2 aliphatic heterocycles. The predicted molar refractivity (Wildman–Crippen MR) is 131 cm³/mol. The lowest BCUT2D eigenvalue weighted by Crippen LogP contribution is -2.50. The minimum absolute atomic E-state index is 0.00717. The molecule has 4 aliphatic rings. The first-order valence-corrected chi connectivity index (χ1v) is 12.8. The number of hydrogen-bond donors (Lipinski definition) is 1. The molecule has 2 saturated carbocycles. The van der Waals surface area contributed by atoms with Crippen LogP contribution in [0, 0.1) is 5.41 Å². The number of carbonyl (C=O) groups is 1. The van der Waals surface area contributed by atoms with Crippen LogP contribution in [0.1, 0.15) is 78.9 Å². The van der Waals surface area contributed by atoms with Crippen LogP contribution >= 0.6 is 0 Å². The van der Waals surface area contributed by atoms with Gasteiger partial charge >= 0.3 is 0 Å². The number of amides is 1. The van der Waals surface area contributed by atoms with E-state index in [0.29, 0.717) is 11.5 Å². The minimum Gasteiger partial charge on any atom is -0.321 e. The van der Waals surface area contributed by atoms with Crippen LogP contribution < -0.4 is 5.32 Å². The van der Waals surface area contributed by atoms with E-state index in [1.807, 2.05) is 24.4 Å². The number of anilines is 1. The number of hydrogen-bond acceptors (Lipinski definition) is 3. The third-order valence-electron chi connectivity index (χ3n) is 9.20. The summed E-state index contributed by atoms with van der Waals surface area (Å²) in [5.41, 5.74) is 4.92. The predicted octanol–water partition coefficient (Wildman–Crippen LogP) is 5.55. The van der Waals surface area contributed by atoms with Gasteiger partial charge in [-0.05, 0) is 72.6 Å². The second-order valence-corrected chi connectivity index (χ2v) is 10.9. The number of aromatic nitrogens is 2. The normalized spacial score (nSPS) is 24.5. The van der Waals surface area contributed by atoms with Gasteiger partial charge in [0.15, 0.2) is 0 Å². The van der Waals surface area contributed by atoms with Gasteiger partial charge in [-0.1, -0.05) is 31.0 Å². The molecule has 1 aromatic heterocycles. The Morgan fingerprint density at radius 3 is 2.70 bits per heavy atom. The highest BCUT2D eigenvalue weighted by Gasteiger charge is 2.49. The van der Waals surface area contributed by atoms with Crippen molar-refractivity contribution in [3.05, 3.63) is 59.4 Å².